The predicted octanol–water partition coefficient (Wildman–Crippen LogP) is 18.8. The Morgan fingerprint density at radius 3 is 1.32 bits per heavy atom. The molecule has 1 aliphatic heterocycles. The minimum absolute atomic E-state index is 0.644. The lowest BCUT2D eigenvalue weighted by Crippen LogP contribution is -2.32. The minimum Gasteiger partial charge on any atom is -0.457 e. The number of hydrogen-bond acceptors (Lipinski definition) is 5. The lowest BCUT2D eigenvalue weighted by atomic mass is 9.65. The highest BCUT2D eigenvalue weighted by atomic mass is 16.5. The van der Waals surface area contributed by atoms with Gasteiger partial charge in [-0.2, -0.15) is 0 Å². The maximum absolute atomic E-state index is 7.12. The van der Waals surface area contributed by atoms with E-state index >= 15 is 0 Å². The van der Waals surface area contributed by atoms with Crippen LogP contribution in [0, 0.1) is 0 Å². The molecular formula is C75H50N4O. The van der Waals surface area contributed by atoms with Crippen LogP contribution in [0.2, 0.25) is 0 Å². The molecule has 1 unspecified atom stereocenters. The number of rotatable bonds is 9. The van der Waals surface area contributed by atoms with E-state index in [1.54, 1.807) is 0 Å². The van der Waals surface area contributed by atoms with Gasteiger partial charge in [0.2, 0.25) is 0 Å². The van der Waals surface area contributed by atoms with Crippen molar-refractivity contribution in [2.75, 3.05) is 0 Å². The van der Waals surface area contributed by atoms with Crippen molar-refractivity contribution in [3.05, 3.63) is 307 Å². The fraction of sp³-hybridized carbons (Fsp3) is 0.0400. The molecule has 3 aliphatic rings. The van der Waals surface area contributed by atoms with Gasteiger partial charge >= 0.3 is 0 Å². The molecule has 1 atom stereocenters. The molecule has 0 fully saturated rings. The van der Waals surface area contributed by atoms with E-state index in [1.165, 1.54) is 39.0 Å². The Labute approximate surface area is 465 Å². The van der Waals surface area contributed by atoms with Gasteiger partial charge in [0.15, 0.2) is 11.6 Å². The predicted molar refractivity (Wildman–Crippen MR) is 325 cm³/mol. The molecule has 0 saturated heterocycles. The van der Waals surface area contributed by atoms with E-state index < -0.39 is 5.41 Å². The Morgan fingerprint density at radius 2 is 0.725 bits per heavy atom. The largest absolute Gasteiger partial charge is 0.457 e. The zero-order chi connectivity index (χ0) is 53.0. The van der Waals surface area contributed by atoms with Crippen LogP contribution in [-0.2, 0) is 5.41 Å². The highest BCUT2D eigenvalue weighted by Crippen LogP contribution is 2.62. The van der Waals surface area contributed by atoms with Gasteiger partial charge in [-0.15, -0.1) is 0 Å². The maximum atomic E-state index is 7.12. The molecule has 10 aromatic carbocycles. The summed E-state index contributed by atoms with van der Waals surface area (Å²) in [5, 5.41) is 0. The third kappa shape index (κ3) is 8.18. The minimum atomic E-state index is -0.732. The smallest absolute Gasteiger partial charge is 0.160 e. The van der Waals surface area contributed by atoms with E-state index in [-0.39, 0.29) is 0 Å². The van der Waals surface area contributed by atoms with Gasteiger partial charge in [0.25, 0.3) is 0 Å². The second-order valence-corrected chi connectivity index (χ2v) is 20.8. The lowest BCUT2D eigenvalue weighted by molar-refractivity contribution is 0.436. The summed E-state index contributed by atoms with van der Waals surface area (Å²) >= 11 is 0. The van der Waals surface area contributed by atoms with E-state index in [0.29, 0.717) is 11.6 Å². The maximum Gasteiger partial charge on any atom is 0.160 e. The van der Waals surface area contributed by atoms with Crippen LogP contribution in [-0.4, -0.2) is 19.9 Å². The fourth-order valence-corrected chi connectivity index (χ4v) is 12.2. The second-order valence-electron chi connectivity index (χ2n) is 20.8. The molecule has 2 aliphatic carbocycles. The summed E-state index contributed by atoms with van der Waals surface area (Å²) in [6.45, 7) is 0. The number of hydrogen-bond donors (Lipinski definition) is 0. The van der Waals surface area contributed by atoms with Crippen LogP contribution in [0.25, 0.3) is 107 Å². The molecule has 376 valence electrons. The first-order valence-corrected chi connectivity index (χ1v) is 27.4. The van der Waals surface area contributed by atoms with Crippen molar-refractivity contribution >= 4 is 5.57 Å². The van der Waals surface area contributed by atoms with Gasteiger partial charge in [0.05, 0.1) is 28.2 Å². The van der Waals surface area contributed by atoms with Gasteiger partial charge in [-0.3, -0.25) is 0 Å². The van der Waals surface area contributed by atoms with Crippen LogP contribution in [0.5, 0.6) is 11.5 Å². The summed E-state index contributed by atoms with van der Waals surface area (Å²) in [6, 6.07) is 92.5. The number of fused-ring (bicyclic) bond motifs is 9. The molecule has 0 radical (unpaired) electrons. The molecule has 0 bridgehead atoms. The zero-order valence-electron chi connectivity index (χ0n) is 43.7. The Hall–Kier alpha value is -10.4. The molecule has 0 saturated carbocycles. The third-order valence-corrected chi connectivity index (χ3v) is 16.1. The third-order valence-electron chi connectivity index (χ3n) is 16.1. The van der Waals surface area contributed by atoms with Gasteiger partial charge in [-0.25, -0.2) is 19.9 Å². The standard InChI is InChI=1S/C75H50N4O/c1-5-17-49(18-6-1)52-29-35-56(36-30-52)68-48-70(79-74(77-68)58-39-33-54(34-40-58)51-21-9-3-10-22-51)60-42-44-65-72(46-60)80-71-28-16-15-27-64(71)75(65)63-26-14-13-25-61(63)62-43-41-59(45-66(62)75)69-47-67(55-23-11-4-12-24-55)76-73(78-69)57-37-31-53(32-38-57)50-19-7-2-8-20-50/h1-7,9-19,21-48H,8,20H2. The van der Waals surface area contributed by atoms with Crippen LogP contribution >= 0.6 is 0 Å². The molecular weight excluding hydrogens is 973 g/mol. The zero-order valence-corrected chi connectivity index (χ0v) is 43.7. The first kappa shape index (κ1) is 46.9. The Bertz CT molecular complexity index is 4300. The van der Waals surface area contributed by atoms with Crippen LogP contribution in [0.4, 0.5) is 0 Å². The number of para-hydroxylation sites is 1. The van der Waals surface area contributed by atoms with Gasteiger partial charge in [0.1, 0.15) is 11.5 Å². The van der Waals surface area contributed by atoms with Crippen molar-refractivity contribution in [1.82, 2.24) is 19.9 Å². The van der Waals surface area contributed by atoms with Crippen LogP contribution in [0.3, 0.4) is 0 Å². The van der Waals surface area contributed by atoms with Crippen molar-refractivity contribution in [3.8, 4) is 113 Å². The molecule has 2 aromatic heterocycles. The number of benzene rings is 10. The summed E-state index contributed by atoms with van der Waals surface area (Å²) in [5.74, 6) is 2.91. The van der Waals surface area contributed by atoms with Crippen molar-refractivity contribution in [2.24, 2.45) is 0 Å². The van der Waals surface area contributed by atoms with Gasteiger partial charge in [0, 0.05) is 44.5 Å². The number of ether oxygens (including phenoxy) is 1. The van der Waals surface area contributed by atoms with Crippen molar-refractivity contribution < 1.29 is 4.74 Å². The van der Waals surface area contributed by atoms with E-state index in [0.717, 1.165) is 108 Å². The van der Waals surface area contributed by atoms with Crippen LogP contribution in [0.15, 0.2) is 279 Å². The van der Waals surface area contributed by atoms with Crippen molar-refractivity contribution in [1.29, 1.82) is 0 Å². The fourth-order valence-electron chi connectivity index (χ4n) is 12.2. The summed E-state index contributed by atoms with van der Waals surface area (Å²) in [6.07, 6.45) is 8.70. The van der Waals surface area contributed by atoms with Gasteiger partial charge in [-0.1, -0.05) is 249 Å². The monoisotopic (exact) mass is 1020 g/mol. The van der Waals surface area contributed by atoms with E-state index in [9.17, 15) is 0 Å². The van der Waals surface area contributed by atoms with Crippen molar-refractivity contribution in [3.63, 3.8) is 0 Å². The summed E-state index contributed by atoms with van der Waals surface area (Å²) < 4.78 is 7.12. The molecule has 3 heterocycles. The highest BCUT2D eigenvalue weighted by molar-refractivity contribution is 5.91. The normalized spacial score (nSPS) is 14.6. The first-order chi connectivity index (χ1) is 39.6. The summed E-state index contributed by atoms with van der Waals surface area (Å²) in [5.41, 5.74) is 22.6. The van der Waals surface area contributed by atoms with Gasteiger partial charge in [-0.05, 0) is 98.8 Å². The van der Waals surface area contributed by atoms with Crippen molar-refractivity contribution in [2.45, 2.75) is 18.3 Å². The number of allylic oxidation sites excluding steroid dienone is 4. The Balaban J connectivity index is 0.877. The molecule has 15 rings (SSSR count). The van der Waals surface area contributed by atoms with E-state index in [2.05, 4.69) is 261 Å². The quantitative estimate of drug-likeness (QED) is 0.144. The summed E-state index contributed by atoms with van der Waals surface area (Å²) in [7, 11) is 0. The molecule has 0 amide bonds. The molecule has 80 heavy (non-hydrogen) atoms. The Kier molecular flexibility index (Phi) is 11.5. The summed E-state index contributed by atoms with van der Waals surface area (Å²) in [4.78, 5) is 21.3. The molecule has 1 spiro atoms. The Morgan fingerprint density at radius 1 is 0.300 bits per heavy atom. The molecule has 12 aromatic rings. The molecule has 5 heteroatoms. The molecule has 5 nitrogen and oxygen atoms in total. The highest BCUT2D eigenvalue weighted by Gasteiger charge is 2.51. The molecule has 0 N–H and O–H groups in total. The first-order valence-electron chi connectivity index (χ1n) is 27.4. The average Bonchev–Trinajstić information content (AvgIpc) is 3.93. The second kappa shape index (κ2) is 19.6. The number of nitrogens with zero attached hydrogens (tertiary/aromatic N) is 4. The van der Waals surface area contributed by atoms with Crippen LogP contribution < -0.4 is 4.74 Å². The van der Waals surface area contributed by atoms with E-state index in [1.807, 2.05) is 18.2 Å². The number of aromatic nitrogens is 4. The van der Waals surface area contributed by atoms with Gasteiger partial charge < -0.3 is 4.74 Å². The topological polar surface area (TPSA) is 60.8 Å². The van der Waals surface area contributed by atoms with E-state index in [4.69, 9.17) is 24.7 Å². The lowest BCUT2D eigenvalue weighted by Gasteiger charge is -2.39. The van der Waals surface area contributed by atoms with Crippen LogP contribution in [0.1, 0.15) is 40.7 Å². The SMILES string of the molecule is C1=CCCC(c2ccc(-c3nc(-c4ccccc4)cc(-c4ccc5c(c4)C4(c6ccccc6Oc6cc(-c7cc(-c8ccc(-c9ccccc9)cc8)nc(-c8ccc(-c9ccccc9)cc8)n7)ccc64)c4ccccc4-5)n3)cc2)=C1. The average molecular weight is 1020 g/mol.